The van der Waals surface area contributed by atoms with E-state index in [4.69, 9.17) is 4.74 Å². The number of nitrogens with zero attached hydrogens (tertiary/aromatic N) is 3. The Morgan fingerprint density at radius 3 is 2.79 bits per heavy atom. The Hall–Kier alpha value is -2.42. The topological polar surface area (TPSA) is 71.1 Å². The van der Waals surface area contributed by atoms with Gasteiger partial charge in [0.25, 0.3) is 5.56 Å². The fourth-order valence-electron chi connectivity index (χ4n) is 2.52. The minimum absolute atomic E-state index is 0.272. The van der Waals surface area contributed by atoms with Crippen molar-refractivity contribution in [3.63, 3.8) is 0 Å². The number of hydrogen-bond donors (Lipinski definition) is 1. The van der Waals surface area contributed by atoms with Gasteiger partial charge in [-0.05, 0) is 19.1 Å². The summed E-state index contributed by atoms with van der Waals surface area (Å²) < 4.78 is 43.4. The number of pyridine rings is 1. The summed E-state index contributed by atoms with van der Waals surface area (Å²) in [5, 5.41) is 0. The maximum atomic E-state index is 12.6. The van der Waals surface area contributed by atoms with Gasteiger partial charge < -0.3 is 14.6 Å². The molecule has 6 nitrogen and oxygen atoms in total. The monoisotopic (exact) mass is 340 g/mol. The molecule has 0 bridgehead atoms. The molecule has 1 unspecified atom stereocenters. The molecule has 24 heavy (non-hydrogen) atoms. The minimum atomic E-state index is -4.41. The number of aryl methyl sites for hydroxylation is 1. The minimum Gasteiger partial charge on any atom is -0.367 e. The molecule has 0 aliphatic carbocycles. The number of aromatic amines is 1. The third-order valence-corrected chi connectivity index (χ3v) is 3.66. The number of H-pyrrole nitrogens is 1. The normalized spacial score (nSPS) is 18.7. The molecule has 2 aromatic heterocycles. The number of hydrogen-bond acceptors (Lipinski definition) is 5. The number of alkyl halides is 3. The smallest absolute Gasteiger partial charge is 0.367 e. The third kappa shape index (κ3) is 3.56. The zero-order valence-corrected chi connectivity index (χ0v) is 12.8. The highest BCUT2D eigenvalue weighted by atomic mass is 19.4. The van der Waals surface area contributed by atoms with Gasteiger partial charge in [0, 0.05) is 24.5 Å². The van der Waals surface area contributed by atoms with Crippen LogP contribution in [0, 0.1) is 6.92 Å². The van der Waals surface area contributed by atoms with Gasteiger partial charge in [-0.15, -0.1) is 0 Å². The van der Waals surface area contributed by atoms with E-state index in [1.165, 1.54) is 12.1 Å². The lowest BCUT2D eigenvalue weighted by Gasteiger charge is -2.33. The SMILES string of the molecule is Cc1cc(=O)[nH]c(C2CN(c3ccc(C(F)(F)F)cn3)CCO2)n1. The summed E-state index contributed by atoms with van der Waals surface area (Å²) in [6, 6.07) is 3.71. The van der Waals surface area contributed by atoms with Crippen LogP contribution in [0.3, 0.4) is 0 Å². The molecular weight excluding hydrogens is 325 g/mol. The van der Waals surface area contributed by atoms with Crippen LogP contribution >= 0.6 is 0 Å². The highest BCUT2D eigenvalue weighted by Gasteiger charge is 2.31. The van der Waals surface area contributed by atoms with Crippen molar-refractivity contribution in [3.8, 4) is 0 Å². The van der Waals surface area contributed by atoms with E-state index in [9.17, 15) is 18.0 Å². The van der Waals surface area contributed by atoms with Crippen LogP contribution < -0.4 is 10.5 Å². The molecule has 0 saturated carbocycles. The highest BCUT2D eigenvalue weighted by Crippen LogP contribution is 2.30. The Kier molecular flexibility index (Phi) is 4.27. The van der Waals surface area contributed by atoms with Gasteiger partial charge in [0.05, 0.1) is 18.7 Å². The molecule has 1 saturated heterocycles. The molecule has 0 aromatic carbocycles. The molecule has 3 heterocycles. The summed E-state index contributed by atoms with van der Waals surface area (Å²) in [5.41, 5.74) is -0.492. The van der Waals surface area contributed by atoms with Crippen molar-refractivity contribution in [1.29, 1.82) is 0 Å². The number of nitrogens with one attached hydrogen (secondary N) is 1. The number of ether oxygens (including phenoxy) is 1. The van der Waals surface area contributed by atoms with Crippen molar-refractivity contribution in [2.75, 3.05) is 24.6 Å². The Balaban J connectivity index is 1.79. The molecule has 0 radical (unpaired) electrons. The van der Waals surface area contributed by atoms with Crippen LogP contribution in [-0.4, -0.2) is 34.6 Å². The highest BCUT2D eigenvalue weighted by molar-refractivity contribution is 5.40. The lowest BCUT2D eigenvalue weighted by molar-refractivity contribution is -0.137. The number of halogens is 3. The summed E-state index contributed by atoms with van der Waals surface area (Å²) in [6.07, 6.45) is -4.08. The maximum absolute atomic E-state index is 12.6. The van der Waals surface area contributed by atoms with Gasteiger partial charge >= 0.3 is 6.18 Å². The standard InChI is InChI=1S/C15H15F3N4O2/c1-9-6-13(23)21-14(20-9)11-8-22(4-5-24-11)12-3-2-10(7-19-12)15(16,17)18/h2-3,6-7,11H,4-5,8H2,1H3,(H,20,21,23). The first-order valence-corrected chi connectivity index (χ1v) is 7.30. The average molecular weight is 340 g/mol. The summed E-state index contributed by atoms with van der Waals surface area (Å²) in [7, 11) is 0. The summed E-state index contributed by atoms with van der Waals surface area (Å²) in [4.78, 5) is 24.1. The molecule has 0 spiro atoms. The molecule has 1 aliphatic rings. The zero-order valence-electron chi connectivity index (χ0n) is 12.8. The lowest BCUT2D eigenvalue weighted by atomic mass is 10.2. The van der Waals surface area contributed by atoms with Gasteiger partial charge in [-0.3, -0.25) is 4.79 Å². The fourth-order valence-corrected chi connectivity index (χ4v) is 2.52. The van der Waals surface area contributed by atoms with Crippen molar-refractivity contribution >= 4 is 5.82 Å². The summed E-state index contributed by atoms with van der Waals surface area (Å²) in [6.45, 7) is 2.89. The molecule has 1 N–H and O–H groups in total. The van der Waals surface area contributed by atoms with Crippen LogP contribution in [0.15, 0.2) is 29.2 Å². The third-order valence-electron chi connectivity index (χ3n) is 3.66. The van der Waals surface area contributed by atoms with Crippen LogP contribution in [-0.2, 0) is 10.9 Å². The van der Waals surface area contributed by atoms with Crippen molar-refractivity contribution < 1.29 is 17.9 Å². The Morgan fingerprint density at radius 1 is 1.38 bits per heavy atom. The fraction of sp³-hybridized carbons (Fsp3) is 0.400. The van der Waals surface area contributed by atoms with Crippen LogP contribution in [0.2, 0.25) is 0 Å². The molecule has 128 valence electrons. The Bertz CT molecular complexity index is 774. The van der Waals surface area contributed by atoms with Crippen molar-refractivity contribution in [2.24, 2.45) is 0 Å². The molecule has 0 amide bonds. The van der Waals surface area contributed by atoms with Gasteiger partial charge in [0.2, 0.25) is 0 Å². The second kappa shape index (κ2) is 6.23. The van der Waals surface area contributed by atoms with E-state index < -0.39 is 17.8 Å². The van der Waals surface area contributed by atoms with Crippen LogP contribution in [0.1, 0.15) is 23.2 Å². The summed E-state index contributed by atoms with van der Waals surface area (Å²) in [5.74, 6) is 0.822. The first-order chi connectivity index (χ1) is 11.3. The average Bonchev–Trinajstić information content (AvgIpc) is 2.53. The number of aromatic nitrogens is 3. The van der Waals surface area contributed by atoms with Crippen LogP contribution in [0.4, 0.5) is 19.0 Å². The van der Waals surface area contributed by atoms with E-state index in [0.717, 1.165) is 12.3 Å². The maximum Gasteiger partial charge on any atom is 0.417 e. The molecule has 3 rings (SSSR count). The first-order valence-electron chi connectivity index (χ1n) is 7.30. The zero-order chi connectivity index (χ0) is 17.3. The quantitative estimate of drug-likeness (QED) is 0.906. The lowest BCUT2D eigenvalue weighted by Crippen LogP contribution is -2.40. The predicted octanol–water partition coefficient (Wildman–Crippen LogP) is 2.07. The van der Waals surface area contributed by atoms with E-state index in [1.54, 1.807) is 11.8 Å². The van der Waals surface area contributed by atoms with Crippen molar-refractivity contribution in [2.45, 2.75) is 19.2 Å². The second-order valence-electron chi connectivity index (χ2n) is 5.48. The Morgan fingerprint density at radius 2 is 2.17 bits per heavy atom. The predicted molar refractivity (Wildman–Crippen MR) is 79.7 cm³/mol. The number of rotatable bonds is 2. The van der Waals surface area contributed by atoms with Gasteiger partial charge in [-0.25, -0.2) is 9.97 Å². The molecule has 1 aliphatic heterocycles. The van der Waals surface area contributed by atoms with Gasteiger partial charge in [-0.2, -0.15) is 13.2 Å². The number of morpholine rings is 1. The van der Waals surface area contributed by atoms with E-state index in [0.29, 0.717) is 37.0 Å². The molecular formula is C15H15F3N4O2. The van der Waals surface area contributed by atoms with E-state index in [1.807, 2.05) is 0 Å². The van der Waals surface area contributed by atoms with E-state index in [2.05, 4.69) is 15.0 Å². The molecule has 1 fully saturated rings. The van der Waals surface area contributed by atoms with Crippen molar-refractivity contribution in [3.05, 3.63) is 51.8 Å². The number of anilines is 1. The van der Waals surface area contributed by atoms with Gasteiger partial charge in [0.15, 0.2) is 0 Å². The van der Waals surface area contributed by atoms with Gasteiger partial charge in [-0.1, -0.05) is 0 Å². The van der Waals surface area contributed by atoms with Crippen molar-refractivity contribution in [1.82, 2.24) is 15.0 Å². The summed E-state index contributed by atoms with van der Waals surface area (Å²) >= 11 is 0. The van der Waals surface area contributed by atoms with E-state index in [-0.39, 0.29) is 5.56 Å². The second-order valence-corrected chi connectivity index (χ2v) is 5.48. The molecule has 2 aromatic rings. The van der Waals surface area contributed by atoms with Crippen LogP contribution in [0.25, 0.3) is 0 Å². The first kappa shape index (κ1) is 16.4. The molecule has 9 heteroatoms. The molecule has 1 atom stereocenters. The largest absolute Gasteiger partial charge is 0.417 e. The van der Waals surface area contributed by atoms with Gasteiger partial charge in [0.1, 0.15) is 17.7 Å². The van der Waals surface area contributed by atoms with Crippen LogP contribution in [0.5, 0.6) is 0 Å². The Labute approximate surface area is 135 Å². The van der Waals surface area contributed by atoms with E-state index >= 15 is 0 Å².